The minimum atomic E-state index is -0.474. The standard InChI is InChI=1S/C19H14N2O4/c22-19(20-15-6-2-1-3-7-15)14-5-4-8-18(13-14)25-17-11-9-16(10-12-17)21(23)24/h1-13H,(H,20,22). The molecule has 25 heavy (non-hydrogen) atoms. The smallest absolute Gasteiger partial charge is 0.269 e. The van der Waals surface area contributed by atoms with Gasteiger partial charge in [0.05, 0.1) is 4.92 Å². The molecule has 0 atom stereocenters. The normalized spacial score (nSPS) is 10.1. The van der Waals surface area contributed by atoms with E-state index in [4.69, 9.17) is 4.74 Å². The third-order valence-corrected chi connectivity index (χ3v) is 3.41. The lowest BCUT2D eigenvalue weighted by Crippen LogP contribution is -2.11. The van der Waals surface area contributed by atoms with Crippen LogP contribution in [0.15, 0.2) is 78.9 Å². The molecular formula is C19H14N2O4. The van der Waals surface area contributed by atoms with Gasteiger partial charge in [0.1, 0.15) is 11.5 Å². The summed E-state index contributed by atoms with van der Waals surface area (Å²) in [6.07, 6.45) is 0. The Labute approximate surface area is 143 Å². The minimum Gasteiger partial charge on any atom is -0.457 e. The van der Waals surface area contributed by atoms with Gasteiger partial charge in [0.15, 0.2) is 0 Å². The number of hydrogen-bond acceptors (Lipinski definition) is 4. The first kappa shape index (κ1) is 16.2. The number of nitrogens with zero attached hydrogens (tertiary/aromatic N) is 1. The molecule has 1 N–H and O–H groups in total. The first-order valence-electron chi connectivity index (χ1n) is 7.50. The Morgan fingerprint density at radius 3 is 2.28 bits per heavy atom. The van der Waals surface area contributed by atoms with E-state index < -0.39 is 4.92 Å². The first-order chi connectivity index (χ1) is 12.1. The monoisotopic (exact) mass is 334 g/mol. The van der Waals surface area contributed by atoms with Gasteiger partial charge in [-0.1, -0.05) is 24.3 Å². The summed E-state index contributed by atoms with van der Waals surface area (Å²) in [5.74, 6) is 0.668. The number of nitro benzene ring substituents is 1. The Kier molecular flexibility index (Phi) is 4.71. The summed E-state index contributed by atoms with van der Waals surface area (Å²) in [6, 6.07) is 21.6. The quantitative estimate of drug-likeness (QED) is 0.544. The zero-order valence-electron chi connectivity index (χ0n) is 13.1. The number of nitrogens with one attached hydrogen (secondary N) is 1. The van der Waals surface area contributed by atoms with Crippen molar-refractivity contribution in [3.8, 4) is 11.5 Å². The summed E-state index contributed by atoms with van der Waals surface area (Å²) in [5.41, 5.74) is 1.14. The Morgan fingerprint density at radius 2 is 1.60 bits per heavy atom. The SMILES string of the molecule is O=C(Nc1ccccc1)c1cccc(Oc2ccc([N+](=O)[O-])cc2)c1. The Balaban J connectivity index is 1.72. The van der Waals surface area contributed by atoms with E-state index in [9.17, 15) is 14.9 Å². The summed E-state index contributed by atoms with van der Waals surface area (Å²) in [6.45, 7) is 0. The zero-order valence-corrected chi connectivity index (χ0v) is 13.1. The van der Waals surface area contributed by atoms with E-state index in [-0.39, 0.29) is 11.6 Å². The molecule has 0 aliphatic rings. The molecule has 0 radical (unpaired) electrons. The summed E-state index contributed by atoms with van der Waals surface area (Å²) in [4.78, 5) is 22.5. The summed E-state index contributed by atoms with van der Waals surface area (Å²) < 4.78 is 5.65. The van der Waals surface area contributed by atoms with E-state index in [1.54, 1.807) is 36.4 Å². The Hall–Kier alpha value is -3.67. The fourth-order valence-corrected chi connectivity index (χ4v) is 2.20. The maximum absolute atomic E-state index is 12.3. The van der Waals surface area contributed by atoms with Crippen molar-refractivity contribution in [3.05, 3.63) is 94.5 Å². The average molecular weight is 334 g/mol. The molecule has 0 fully saturated rings. The highest BCUT2D eigenvalue weighted by Crippen LogP contribution is 2.24. The molecule has 3 aromatic rings. The van der Waals surface area contributed by atoms with Crippen molar-refractivity contribution in [1.82, 2.24) is 0 Å². The highest BCUT2D eigenvalue weighted by atomic mass is 16.6. The molecule has 0 aliphatic heterocycles. The molecule has 6 heteroatoms. The van der Waals surface area contributed by atoms with Crippen LogP contribution in [0.3, 0.4) is 0 Å². The van der Waals surface area contributed by atoms with E-state index in [1.807, 2.05) is 18.2 Å². The molecule has 0 unspecified atom stereocenters. The van der Waals surface area contributed by atoms with Crippen molar-refractivity contribution in [3.63, 3.8) is 0 Å². The number of non-ortho nitro benzene ring substituents is 1. The maximum Gasteiger partial charge on any atom is 0.269 e. The number of anilines is 1. The van der Waals surface area contributed by atoms with Crippen molar-refractivity contribution in [1.29, 1.82) is 0 Å². The average Bonchev–Trinajstić information content (AvgIpc) is 2.63. The van der Waals surface area contributed by atoms with E-state index in [1.165, 1.54) is 24.3 Å². The van der Waals surface area contributed by atoms with Crippen LogP contribution < -0.4 is 10.1 Å². The van der Waals surface area contributed by atoms with Crippen LogP contribution in [0.4, 0.5) is 11.4 Å². The van der Waals surface area contributed by atoms with Gasteiger partial charge in [-0.25, -0.2) is 0 Å². The second-order valence-electron chi connectivity index (χ2n) is 5.20. The van der Waals surface area contributed by atoms with E-state index in [0.29, 0.717) is 22.7 Å². The minimum absolute atomic E-state index is 0.0108. The van der Waals surface area contributed by atoms with Crippen LogP contribution in [0, 0.1) is 10.1 Å². The van der Waals surface area contributed by atoms with Crippen molar-refractivity contribution in [2.24, 2.45) is 0 Å². The van der Waals surface area contributed by atoms with Crippen molar-refractivity contribution in [2.45, 2.75) is 0 Å². The van der Waals surface area contributed by atoms with Crippen molar-refractivity contribution < 1.29 is 14.5 Å². The van der Waals surface area contributed by atoms with Crippen LogP contribution in [0.25, 0.3) is 0 Å². The van der Waals surface area contributed by atoms with Gasteiger partial charge in [-0.05, 0) is 42.5 Å². The van der Waals surface area contributed by atoms with Gasteiger partial charge in [-0.2, -0.15) is 0 Å². The molecule has 124 valence electrons. The highest BCUT2D eigenvalue weighted by Gasteiger charge is 2.09. The van der Waals surface area contributed by atoms with Gasteiger partial charge in [0, 0.05) is 23.4 Å². The van der Waals surface area contributed by atoms with Crippen LogP contribution in [-0.2, 0) is 0 Å². The molecule has 1 amide bonds. The van der Waals surface area contributed by atoms with E-state index in [2.05, 4.69) is 5.32 Å². The molecule has 0 saturated carbocycles. The van der Waals surface area contributed by atoms with Gasteiger partial charge in [0.2, 0.25) is 0 Å². The largest absolute Gasteiger partial charge is 0.457 e. The molecule has 0 heterocycles. The van der Waals surface area contributed by atoms with Gasteiger partial charge >= 0.3 is 0 Å². The Morgan fingerprint density at radius 1 is 0.880 bits per heavy atom. The zero-order chi connectivity index (χ0) is 17.6. The number of para-hydroxylation sites is 1. The van der Waals surface area contributed by atoms with Gasteiger partial charge < -0.3 is 10.1 Å². The highest BCUT2D eigenvalue weighted by molar-refractivity contribution is 6.04. The molecule has 0 bridgehead atoms. The van der Waals surface area contributed by atoms with Crippen LogP contribution in [0.1, 0.15) is 10.4 Å². The molecule has 0 spiro atoms. The molecule has 0 saturated heterocycles. The molecule has 3 rings (SSSR count). The number of nitro groups is 1. The first-order valence-corrected chi connectivity index (χ1v) is 7.50. The summed E-state index contributed by atoms with van der Waals surface area (Å²) >= 11 is 0. The molecule has 0 aliphatic carbocycles. The number of hydrogen-bond donors (Lipinski definition) is 1. The fraction of sp³-hybridized carbons (Fsp3) is 0. The van der Waals surface area contributed by atoms with E-state index >= 15 is 0 Å². The lowest BCUT2D eigenvalue weighted by atomic mass is 10.2. The predicted octanol–water partition coefficient (Wildman–Crippen LogP) is 4.64. The third kappa shape index (κ3) is 4.20. The van der Waals surface area contributed by atoms with E-state index in [0.717, 1.165) is 0 Å². The summed E-state index contributed by atoms with van der Waals surface area (Å²) in [7, 11) is 0. The molecule has 3 aromatic carbocycles. The number of amides is 1. The number of ether oxygens (including phenoxy) is 1. The number of carbonyl (C=O) groups excluding carboxylic acids is 1. The topological polar surface area (TPSA) is 81.5 Å². The third-order valence-electron chi connectivity index (χ3n) is 3.41. The molecular weight excluding hydrogens is 320 g/mol. The van der Waals surface area contributed by atoms with Gasteiger partial charge in [-0.15, -0.1) is 0 Å². The van der Waals surface area contributed by atoms with Gasteiger partial charge in [-0.3, -0.25) is 14.9 Å². The maximum atomic E-state index is 12.3. The second-order valence-corrected chi connectivity index (χ2v) is 5.20. The Bertz CT molecular complexity index is 893. The summed E-state index contributed by atoms with van der Waals surface area (Å²) in [5, 5.41) is 13.5. The lowest BCUT2D eigenvalue weighted by Gasteiger charge is -2.08. The molecule has 6 nitrogen and oxygen atoms in total. The van der Waals surface area contributed by atoms with Crippen LogP contribution in [0.5, 0.6) is 11.5 Å². The lowest BCUT2D eigenvalue weighted by molar-refractivity contribution is -0.384. The van der Waals surface area contributed by atoms with Crippen LogP contribution >= 0.6 is 0 Å². The number of carbonyl (C=O) groups is 1. The fourth-order valence-electron chi connectivity index (χ4n) is 2.20. The van der Waals surface area contributed by atoms with Gasteiger partial charge in [0.25, 0.3) is 11.6 Å². The van der Waals surface area contributed by atoms with Crippen molar-refractivity contribution >= 4 is 17.3 Å². The number of rotatable bonds is 5. The predicted molar refractivity (Wildman–Crippen MR) is 94.0 cm³/mol. The van der Waals surface area contributed by atoms with Crippen LogP contribution in [0.2, 0.25) is 0 Å². The van der Waals surface area contributed by atoms with Crippen molar-refractivity contribution in [2.75, 3.05) is 5.32 Å². The molecule has 0 aromatic heterocycles. The second kappa shape index (κ2) is 7.27. The van der Waals surface area contributed by atoms with Crippen LogP contribution in [-0.4, -0.2) is 10.8 Å². The number of benzene rings is 3.